The average Bonchev–Trinajstić information content (AvgIpc) is 3.20. The summed E-state index contributed by atoms with van der Waals surface area (Å²) in [5.41, 5.74) is 2.00. The number of nitrogens with one attached hydrogen (secondary N) is 1. The second-order valence-corrected chi connectivity index (χ2v) is 5.30. The molecular formula is C16H14ClNO. The van der Waals surface area contributed by atoms with Gasteiger partial charge in [-0.05, 0) is 36.1 Å². The van der Waals surface area contributed by atoms with Gasteiger partial charge in [-0.2, -0.15) is 0 Å². The summed E-state index contributed by atoms with van der Waals surface area (Å²) in [6, 6.07) is 17.4. The molecule has 2 nitrogen and oxygen atoms in total. The molecule has 1 aliphatic rings. The molecule has 3 heteroatoms. The summed E-state index contributed by atoms with van der Waals surface area (Å²) in [6.45, 7) is 0. The maximum absolute atomic E-state index is 12.1. The zero-order valence-electron chi connectivity index (χ0n) is 10.3. The fourth-order valence-electron chi connectivity index (χ4n) is 2.35. The van der Waals surface area contributed by atoms with E-state index in [0.29, 0.717) is 10.9 Å². The lowest BCUT2D eigenvalue weighted by Crippen LogP contribution is -2.14. The lowest BCUT2D eigenvalue weighted by Gasteiger charge is -2.05. The van der Waals surface area contributed by atoms with E-state index in [-0.39, 0.29) is 11.8 Å². The van der Waals surface area contributed by atoms with E-state index in [0.717, 1.165) is 12.1 Å². The lowest BCUT2D eigenvalue weighted by atomic mass is 10.1. The summed E-state index contributed by atoms with van der Waals surface area (Å²) in [4.78, 5) is 12.1. The first-order valence-electron chi connectivity index (χ1n) is 6.35. The summed E-state index contributed by atoms with van der Waals surface area (Å²) in [5.74, 6) is 0.526. The van der Waals surface area contributed by atoms with Crippen LogP contribution in [0.4, 0.5) is 5.69 Å². The highest BCUT2D eigenvalue weighted by Gasteiger charge is 2.43. The van der Waals surface area contributed by atoms with E-state index < -0.39 is 0 Å². The second kappa shape index (κ2) is 5.06. The van der Waals surface area contributed by atoms with Crippen LogP contribution in [0.3, 0.4) is 0 Å². The van der Waals surface area contributed by atoms with Crippen molar-refractivity contribution in [2.24, 2.45) is 5.92 Å². The van der Waals surface area contributed by atoms with Crippen LogP contribution in [-0.2, 0) is 4.79 Å². The Balaban J connectivity index is 1.64. The Kier molecular flexibility index (Phi) is 3.26. The van der Waals surface area contributed by atoms with Crippen molar-refractivity contribution in [2.75, 3.05) is 5.32 Å². The Morgan fingerprint density at radius 2 is 1.89 bits per heavy atom. The Morgan fingerprint density at radius 1 is 1.11 bits per heavy atom. The standard InChI is InChI=1S/C16H14ClNO/c17-12-7-4-8-13(9-12)18-16(19)15-10-14(15)11-5-2-1-3-6-11/h1-9,14-15H,10H2,(H,18,19)/t14-,15-/m0/s1. The molecule has 0 radical (unpaired) electrons. The fourth-order valence-corrected chi connectivity index (χ4v) is 2.54. The van der Waals surface area contributed by atoms with Gasteiger partial charge in [-0.25, -0.2) is 0 Å². The minimum atomic E-state index is 0.0797. The van der Waals surface area contributed by atoms with E-state index in [4.69, 9.17) is 11.6 Å². The Bertz CT molecular complexity index is 597. The zero-order valence-corrected chi connectivity index (χ0v) is 11.1. The van der Waals surface area contributed by atoms with Crippen LogP contribution < -0.4 is 5.32 Å². The van der Waals surface area contributed by atoms with Crippen LogP contribution in [0.25, 0.3) is 0 Å². The summed E-state index contributed by atoms with van der Waals surface area (Å²) >= 11 is 5.90. The number of carbonyl (C=O) groups is 1. The van der Waals surface area contributed by atoms with Gasteiger partial charge < -0.3 is 5.32 Å². The molecule has 96 valence electrons. The number of rotatable bonds is 3. The van der Waals surface area contributed by atoms with Gasteiger partial charge in [0.05, 0.1) is 0 Å². The van der Waals surface area contributed by atoms with Crippen molar-refractivity contribution >= 4 is 23.2 Å². The van der Waals surface area contributed by atoms with Crippen molar-refractivity contribution in [3.8, 4) is 0 Å². The number of carbonyl (C=O) groups excluding carboxylic acids is 1. The van der Waals surface area contributed by atoms with E-state index in [1.807, 2.05) is 30.3 Å². The number of amides is 1. The molecular weight excluding hydrogens is 258 g/mol. The molecule has 19 heavy (non-hydrogen) atoms. The molecule has 2 atom stereocenters. The van der Waals surface area contributed by atoms with Gasteiger partial charge in [-0.3, -0.25) is 4.79 Å². The Hall–Kier alpha value is -1.80. The molecule has 0 saturated heterocycles. The van der Waals surface area contributed by atoms with E-state index in [9.17, 15) is 4.79 Å². The van der Waals surface area contributed by atoms with Crippen LogP contribution in [0.5, 0.6) is 0 Å². The van der Waals surface area contributed by atoms with Gasteiger partial charge in [0.2, 0.25) is 5.91 Å². The Labute approximate surface area is 117 Å². The van der Waals surface area contributed by atoms with Gasteiger partial charge in [0, 0.05) is 16.6 Å². The third kappa shape index (κ3) is 2.79. The van der Waals surface area contributed by atoms with Gasteiger partial charge in [-0.1, -0.05) is 48.0 Å². The van der Waals surface area contributed by atoms with Crippen molar-refractivity contribution in [1.82, 2.24) is 0 Å². The highest BCUT2D eigenvalue weighted by molar-refractivity contribution is 6.30. The van der Waals surface area contributed by atoms with Crippen molar-refractivity contribution in [3.63, 3.8) is 0 Å². The van der Waals surface area contributed by atoms with Gasteiger partial charge >= 0.3 is 0 Å². The Morgan fingerprint density at radius 3 is 2.63 bits per heavy atom. The first-order chi connectivity index (χ1) is 9.24. The van der Waals surface area contributed by atoms with E-state index in [2.05, 4.69) is 17.4 Å². The number of benzene rings is 2. The number of hydrogen-bond donors (Lipinski definition) is 1. The van der Waals surface area contributed by atoms with Crippen LogP contribution >= 0.6 is 11.6 Å². The topological polar surface area (TPSA) is 29.1 Å². The predicted molar refractivity (Wildman–Crippen MR) is 77.4 cm³/mol. The first kappa shape index (κ1) is 12.2. The molecule has 0 bridgehead atoms. The third-order valence-electron chi connectivity index (χ3n) is 3.45. The monoisotopic (exact) mass is 271 g/mol. The molecule has 1 amide bonds. The van der Waals surface area contributed by atoms with Crippen LogP contribution in [0.1, 0.15) is 17.9 Å². The zero-order chi connectivity index (χ0) is 13.2. The van der Waals surface area contributed by atoms with Crippen LogP contribution in [0, 0.1) is 5.92 Å². The number of anilines is 1. The van der Waals surface area contributed by atoms with E-state index >= 15 is 0 Å². The summed E-state index contributed by atoms with van der Waals surface area (Å²) in [5, 5.41) is 3.55. The molecule has 0 heterocycles. The molecule has 0 unspecified atom stereocenters. The average molecular weight is 272 g/mol. The molecule has 1 aliphatic carbocycles. The highest BCUT2D eigenvalue weighted by Crippen LogP contribution is 2.47. The SMILES string of the molecule is O=C(Nc1cccc(Cl)c1)[C@H]1C[C@H]1c1ccccc1. The molecule has 2 aromatic rings. The van der Waals surface area contributed by atoms with Gasteiger partial charge in [-0.15, -0.1) is 0 Å². The molecule has 1 N–H and O–H groups in total. The lowest BCUT2D eigenvalue weighted by molar-refractivity contribution is -0.117. The van der Waals surface area contributed by atoms with Gasteiger partial charge in [0.25, 0.3) is 0 Å². The maximum atomic E-state index is 12.1. The molecule has 0 aromatic heterocycles. The van der Waals surface area contributed by atoms with Crippen molar-refractivity contribution < 1.29 is 4.79 Å². The first-order valence-corrected chi connectivity index (χ1v) is 6.73. The maximum Gasteiger partial charge on any atom is 0.228 e. The minimum Gasteiger partial charge on any atom is -0.326 e. The van der Waals surface area contributed by atoms with E-state index in [1.54, 1.807) is 12.1 Å². The van der Waals surface area contributed by atoms with Crippen LogP contribution in [0.15, 0.2) is 54.6 Å². The quantitative estimate of drug-likeness (QED) is 0.895. The van der Waals surface area contributed by atoms with E-state index in [1.165, 1.54) is 5.56 Å². The summed E-state index contributed by atoms with van der Waals surface area (Å²) in [7, 11) is 0. The highest BCUT2D eigenvalue weighted by atomic mass is 35.5. The minimum absolute atomic E-state index is 0.0797. The number of halogens is 1. The molecule has 1 fully saturated rings. The second-order valence-electron chi connectivity index (χ2n) is 4.86. The smallest absolute Gasteiger partial charge is 0.228 e. The fraction of sp³-hybridized carbons (Fsp3) is 0.188. The number of hydrogen-bond acceptors (Lipinski definition) is 1. The van der Waals surface area contributed by atoms with Crippen molar-refractivity contribution in [2.45, 2.75) is 12.3 Å². The third-order valence-corrected chi connectivity index (χ3v) is 3.68. The predicted octanol–water partition coefficient (Wildman–Crippen LogP) is 4.08. The molecule has 2 aromatic carbocycles. The van der Waals surface area contributed by atoms with Crippen LogP contribution in [0.2, 0.25) is 5.02 Å². The van der Waals surface area contributed by atoms with Gasteiger partial charge in [0.15, 0.2) is 0 Å². The molecule has 0 aliphatic heterocycles. The largest absolute Gasteiger partial charge is 0.326 e. The van der Waals surface area contributed by atoms with Crippen molar-refractivity contribution in [1.29, 1.82) is 0 Å². The van der Waals surface area contributed by atoms with Crippen LogP contribution in [-0.4, -0.2) is 5.91 Å². The molecule has 0 spiro atoms. The van der Waals surface area contributed by atoms with Gasteiger partial charge in [0.1, 0.15) is 0 Å². The normalized spacial score (nSPS) is 20.9. The summed E-state index contributed by atoms with van der Waals surface area (Å²) < 4.78 is 0. The summed E-state index contributed by atoms with van der Waals surface area (Å²) in [6.07, 6.45) is 0.927. The van der Waals surface area contributed by atoms with Crippen molar-refractivity contribution in [3.05, 3.63) is 65.2 Å². The molecule has 1 saturated carbocycles. The molecule has 3 rings (SSSR count).